The molecule has 0 atom stereocenters. The Kier molecular flexibility index (Phi) is 3.92. The van der Waals surface area contributed by atoms with Gasteiger partial charge >= 0.3 is 0 Å². The van der Waals surface area contributed by atoms with E-state index in [1.54, 1.807) is 12.1 Å². The predicted molar refractivity (Wildman–Crippen MR) is 94.7 cm³/mol. The summed E-state index contributed by atoms with van der Waals surface area (Å²) in [7, 11) is -3.33. The molecule has 0 amide bonds. The molecule has 0 aliphatic heterocycles. The van der Waals surface area contributed by atoms with E-state index in [1.807, 2.05) is 49.4 Å². The first kappa shape index (κ1) is 15.3. The lowest BCUT2D eigenvalue weighted by molar-refractivity contribution is 0.607. The first-order valence-corrected chi connectivity index (χ1v) is 9.01. The zero-order valence-corrected chi connectivity index (χ0v) is 13.7. The minimum absolute atomic E-state index is 0.511. The van der Waals surface area contributed by atoms with E-state index in [4.69, 9.17) is 0 Å². The Balaban J connectivity index is 1.94. The van der Waals surface area contributed by atoms with Crippen molar-refractivity contribution < 1.29 is 8.42 Å². The number of sulfonamides is 1. The number of para-hydroxylation sites is 2. The SMILES string of the molecule is Cc1ccc2cc(Nc3ccccc3NS(C)(=O)=O)ccc2n1. The third-order valence-electron chi connectivity index (χ3n) is 3.33. The normalized spacial score (nSPS) is 11.4. The Bertz CT molecular complexity index is 968. The van der Waals surface area contributed by atoms with Crippen LogP contribution in [0, 0.1) is 6.92 Å². The van der Waals surface area contributed by atoms with Crippen molar-refractivity contribution in [2.75, 3.05) is 16.3 Å². The number of hydrogen-bond donors (Lipinski definition) is 2. The second-order valence-electron chi connectivity index (χ2n) is 5.40. The van der Waals surface area contributed by atoms with Gasteiger partial charge in [0.25, 0.3) is 0 Å². The number of hydrogen-bond acceptors (Lipinski definition) is 4. The van der Waals surface area contributed by atoms with Crippen molar-refractivity contribution in [3.63, 3.8) is 0 Å². The molecular formula is C17H17N3O2S. The first-order valence-electron chi connectivity index (χ1n) is 7.12. The van der Waals surface area contributed by atoms with Crippen LogP contribution in [0.3, 0.4) is 0 Å². The van der Waals surface area contributed by atoms with Crippen molar-refractivity contribution in [2.45, 2.75) is 6.92 Å². The summed E-state index contributed by atoms with van der Waals surface area (Å²) in [6.07, 6.45) is 1.13. The van der Waals surface area contributed by atoms with Crippen LogP contribution in [0.1, 0.15) is 5.69 Å². The van der Waals surface area contributed by atoms with Crippen LogP contribution in [-0.2, 0) is 10.0 Å². The van der Waals surface area contributed by atoms with Crippen molar-refractivity contribution in [3.05, 3.63) is 60.3 Å². The fraction of sp³-hybridized carbons (Fsp3) is 0.118. The minimum atomic E-state index is -3.33. The van der Waals surface area contributed by atoms with Gasteiger partial charge < -0.3 is 5.32 Å². The van der Waals surface area contributed by atoms with Crippen LogP contribution in [0.5, 0.6) is 0 Å². The van der Waals surface area contributed by atoms with E-state index in [1.165, 1.54) is 0 Å². The summed E-state index contributed by atoms with van der Waals surface area (Å²) in [6, 6.07) is 17.0. The zero-order chi connectivity index (χ0) is 16.4. The third kappa shape index (κ3) is 3.78. The fourth-order valence-electron chi connectivity index (χ4n) is 2.34. The molecule has 0 unspecified atom stereocenters. The highest BCUT2D eigenvalue weighted by atomic mass is 32.2. The van der Waals surface area contributed by atoms with Crippen molar-refractivity contribution in [3.8, 4) is 0 Å². The van der Waals surface area contributed by atoms with Crippen molar-refractivity contribution in [1.82, 2.24) is 4.98 Å². The van der Waals surface area contributed by atoms with Crippen LogP contribution in [0.25, 0.3) is 10.9 Å². The van der Waals surface area contributed by atoms with Gasteiger partial charge in [0, 0.05) is 16.8 Å². The average molecular weight is 327 g/mol. The molecule has 3 rings (SSSR count). The van der Waals surface area contributed by atoms with Crippen LogP contribution >= 0.6 is 0 Å². The third-order valence-corrected chi connectivity index (χ3v) is 3.92. The number of aromatic nitrogens is 1. The highest BCUT2D eigenvalue weighted by Crippen LogP contribution is 2.27. The van der Waals surface area contributed by atoms with Crippen LogP contribution in [0.4, 0.5) is 17.1 Å². The van der Waals surface area contributed by atoms with E-state index in [0.717, 1.165) is 28.5 Å². The van der Waals surface area contributed by atoms with Crippen LogP contribution in [0.15, 0.2) is 54.6 Å². The van der Waals surface area contributed by atoms with E-state index >= 15 is 0 Å². The van der Waals surface area contributed by atoms with E-state index in [0.29, 0.717) is 11.4 Å². The molecule has 1 aromatic heterocycles. The molecule has 23 heavy (non-hydrogen) atoms. The lowest BCUT2D eigenvalue weighted by Crippen LogP contribution is -2.10. The van der Waals surface area contributed by atoms with E-state index < -0.39 is 10.0 Å². The van der Waals surface area contributed by atoms with Gasteiger partial charge in [-0.25, -0.2) is 8.42 Å². The molecule has 0 saturated heterocycles. The summed E-state index contributed by atoms with van der Waals surface area (Å²) >= 11 is 0. The highest BCUT2D eigenvalue weighted by Gasteiger charge is 2.07. The molecule has 0 fully saturated rings. The first-order chi connectivity index (χ1) is 10.9. The van der Waals surface area contributed by atoms with Gasteiger partial charge in [0.15, 0.2) is 0 Å². The van der Waals surface area contributed by atoms with Gasteiger partial charge in [-0.05, 0) is 43.3 Å². The second-order valence-corrected chi connectivity index (χ2v) is 7.15. The molecule has 0 aliphatic rings. The molecule has 1 heterocycles. The lowest BCUT2D eigenvalue weighted by atomic mass is 10.1. The van der Waals surface area contributed by atoms with Gasteiger partial charge in [-0.3, -0.25) is 9.71 Å². The summed E-state index contributed by atoms with van der Waals surface area (Å²) in [4.78, 5) is 4.47. The largest absolute Gasteiger partial charge is 0.354 e. The number of benzene rings is 2. The maximum Gasteiger partial charge on any atom is 0.229 e. The number of anilines is 3. The average Bonchev–Trinajstić information content (AvgIpc) is 2.48. The van der Waals surface area contributed by atoms with Gasteiger partial charge in [-0.2, -0.15) is 0 Å². The minimum Gasteiger partial charge on any atom is -0.354 e. The number of nitrogens with zero attached hydrogens (tertiary/aromatic N) is 1. The van der Waals surface area contributed by atoms with Gasteiger partial charge in [-0.1, -0.05) is 18.2 Å². The molecule has 0 bridgehead atoms. The molecule has 2 aromatic carbocycles. The van der Waals surface area contributed by atoms with Crippen molar-refractivity contribution in [2.24, 2.45) is 0 Å². The summed E-state index contributed by atoms with van der Waals surface area (Å²) in [6.45, 7) is 1.96. The summed E-state index contributed by atoms with van der Waals surface area (Å²) in [5.74, 6) is 0. The van der Waals surface area contributed by atoms with Gasteiger partial charge in [0.2, 0.25) is 10.0 Å². The predicted octanol–water partition coefficient (Wildman–Crippen LogP) is 3.66. The summed E-state index contributed by atoms with van der Waals surface area (Å²) in [5, 5.41) is 4.27. The monoisotopic (exact) mass is 327 g/mol. The van der Waals surface area contributed by atoms with E-state index in [-0.39, 0.29) is 0 Å². The maximum atomic E-state index is 11.5. The van der Waals surface area contributed by atoms with Gasteiger partial charge in [-0.15, -0.1) is 0 Å². The highest BCUT2D eigenvalue weighted by molar-refractivity contribution is 7.92. The number of fused-ring (bicyclic) bond motifs is 1. The number of aryl methyl sites for hydroxylation is 1. The zero-order valence-electron chi connectivity index (χ0n) is 12.9. The Morgan fingerprint density at radius 1 is 0.957 bits per heavy atom. The van der Waals surface area contributed by atoms with E-state index in [9.17, 15) is 8.42 Å². The smallest absolute Gasteiger partial charge is 0.229 e. The Hall–Kier alpha value is -2.60. The van der Waals surface area contributed by atoms with Crippen LogP contribution in [0.2, 0.25) is 0 Å². The molecule has 118 valence electrons. The maximum absolute atomic E-state index is 11.5. The molecule has 3 aromatic rings. The Morgan fingerprint density at radius 2 is 1.70 bits per heavy atom. The summed E-state index contributed by atoms with van der Waals surface area (Å²) < 4.78 is 25.4. The van der Waals surface area contributed by atoms with Crippen molar-refractivity contribution >= 4 is 38.0 Å². The van der Waals surface area contributed by atoms with E-state index in [2.05, 4.69) is 15.0 Å². The number of pyridine rings is 1. The second kappa shape index (κ2) is 5.89. The molecular weight excluding hydrogens is 310 g/mol. The standard InChI is InChI=1S/C17H17N3O2S/c1-12-7-8-13-11-14(9-10-15(13)18-12)19-16-5-3-4-6-17(16)20-23(2,21)22/h3-11,19-20H,1-2H3. The lowest BCUT2D eigenvalue weighted by Gasteiger charge is -2.13. The molecule has 0 spiro atoms. The van der Waals surface area contributed by atoms with Crippen molar-refractivity contribution in [1.29, 1.82) is 0 Å². The molecule has 0 saturated carbocycles. The Morgan fingerprint density at radius 3 is 2.43 bits per heavy atom. The number of rotatable bonds is 4. The van der Waals surface area contributed by atoms with Crippen LogP contribution < -0.4 is 10.0 Å². The molecule has 0 radical (unpaired) electrons. The summed E-state index contributed by atoms with van der Waals surface area (Å²) in [5.41, 5.74) is 3.97. The Labute approximate surface area is 135 Å². The topological polar surface area (TPSA) is 71.1 Å². The molecule has 5 nitrogen and oxygen atoms in total. The van der Waals surface area contributed by atoms with Gasteiger partial charge in [0.05, 0.1) is 23.1 Å². The molecule has 2 N–H and O–H groups in total. The molecule has 6 heteroatoms. The molecule has 0 aliphatic carbocycles. The van der Waals surface area contributed by atoms with Crippen LogP contribution in [-0.4, -0.2) is 19.7 Å². The number of nitrogens with one attached hydrogen (secondary N) is 2. The fourth-order valence-corrected chi connectivity index (χ4v) is 2.92. The van der Waals surface area contributed by atoms with Gasteiger partial charge in [0.1, 0.15) is 0 Å². The quantitative estimate of drug-likeness (QED) is 0.767.